The summed E-state index contributed by atoms with van der Waals surface area (Å²) in [4.78, 5) is 11.7. The summed E-state index contributed by atoms with van der Waals surface area (Å²) >= 11 is 1.50. The van der Waals surface area contributed by atoms with Crippen molar-refractivity contribution in [3.05, 3.63) is 53.4 Å². The zero-order valence-electron chi connectivity index (χ0n) is 11.6. The second kappa shape index (κ2) is 5.86. The fourth-order valence-electron chi connectivity index (χ4n) is 1.92. The number of rotatable bonds is 5. The van der Waals surface area contributed by atoms with Gasteiger partial charge in [0.15, 0.2) is 5.82 Å². The molecule has 3 rings (SSSR count). The van der Waals surface area contributed by atoms with Crippen molar-refractivity contribution in [2.45, 2.75) is 4.90 Å². The number of carbonyl (C=O) groups is 1. The molecule has 118 valence electrons. The van der Waals surface area contributed by atoms with Gasteiger partial charge < -0.3 is 5.11 Å². The van der Waals surface area contributed by atoms with E-state index in [1.807, 2.05) is 17.5 Å². The largest absolute Gasteiger partial charge is 0.478 e. The second-order valence-corrected chi connectivity index (χ2v) is 7.21. The molecule has 0 aliphatic heterocycles. The molecule has 23 heavy (non-hydrogen) atoms. The lowest BCUT2D eigenvalue weighted by Crippen LogP contribution is -2.14. The number of carboxylic acid groups (broad SMARTS) is 1. The van der Waals surface area contributed by atoms with E-state index in [0.29, 0.717) is 5.69 Å². The van der Waals surface area contributed by atoms with Crippen LogP contribution in [-0.2, 0) is 10.0 Å². The lowest BCUT2D eigenvalue weighted by Gasteiger charge is -2.05. The number of hydrogen-bond acceptors (Lipinski definition) is 5. The number of thiophene rings is 1. The van der Waals surface area contributed by atoms with Crippen LogP contribution in [0.4, 0.5) is 5.82 Å². The molecule has 7 nitrogen and oxygen atoms in total. The van der Waals surface area contributed by atoms with Gasteiger partial charge in [0.1, 0.15) is 0 Å². The molecule has 0 atom stereocenters. The van der Waals surface area contributed by atoms with Crippen molar-refractivity contribution in [2.75, 3.05) is 4.72 Å². The highest BCUT2D eigenvalue weighted by Gasteiger charge is 2.18. The van der Waals surface area contributed by atoms with Gasteiger partial charge in [0, 0.05) is 6.07 Å². The van der Waals surface area contributed by atoms with Crippen LogP contribution >= 0.6 is 11.3 Å². The lowest BCUT2D eigenvalue weighted by atomic mass is 10.2. The van der Waals surface area contributed by atoms with Crippen molar-refractivity contribution in [1.29, 1.82) is 0 Å². The van der Waals surface area contributed by atoms with E-state index in [9.17, 15) is 13.2 Å². The molecule has 1 aromatic carbocycles. The number of sulfonamides is 1. The highest BCUT2D eigenvalue weighted by molar-refractivity contribution is 7.92. The van der Waals surface area contributed by atoms with Gasteiger partial charge in [0.25, 0.3) is 10.0 Å². The van der Waals surface area contributed by atoms with Gasteiger partial charge in [0.2, 0.25) is 0 Å². The van der Waals surface area contributed by atoms with Crippen LogP contribution < -0.4 is 4.72 Å². The van der Waals surface area contributed by atoms with Crippen molar-refractivity contribution < 1.29 is 18.3 Å². The Morgan fingerprint density at radius 2 is 2.04 bits per heavy atom. The molecule has 0 bridgehead atoms. The number of carboxylic acids is 1. The van der Waals surface area contributed by atoms with E-state index in [4.69, 9.17) is 5.11 Å². The summed E-state index contributed by atoms with van der Waals surface area (Å²) in [5.74, 6) is -1.06. The summed E-state index contributed by atoms with van der Waals surface area (Å²) in [7, 11) is -3.92. The highest BCUT2D eigenvalue weighted by Crippen LogP contribution is 2.25. The van der Waals surface area contributed by atoms with Crippen molar-refractivity contribution >= 4 is 33.1 Å². The molecule has 0 fully saturated rings. The molecule has 9 heteroatoms. The Morgan fingerprint density at radius 1 is 1.22 bits per heavy atom. The molecule has 0 aliphatic carbocycles. The molecule has 0 aliphatic rings. The van der Waals surface area contributed by atoms with Gasteiger partial charge in [-0.2, -0.15) is 5.10 Å². The number of anilines is 1. The maximum Gasteiger partial charge on any atom is 0.335 e. The van der Waals surface area contributed by atoms with Crippen molar-refractivity contribution in [1.82, 2.24) is 10.2 Å². The minimum atomic E-state index is -3.92. The first-order valence-electron chi connectivity index (χ1n) is 6.41. The molecule has 0 saturated heterocycles. The fraction of sp³-hybridized carbons (Fsp3) is 0. The van der Waals surface area contributed by atoms with Gasteiger partial charge in [0.05, 0.1) is 21.0 Å². The summed E-state index contributed by atoms with van der Waals surface area (Å²) in [6, 6.07) is 10.4. The van der Waals surface area contributed by atoms with E-state index >= 15 is 0 Å². The molecule has 0 saturated carbocycles. The zero-order chi connectivity index (χ0) is 16.4. The van der Waals surface area contributed by atoms with Crippen LogP contribution in [0.15, 0.2) is 52.7 Å². The third-order valence-corrected chi connectivity index (χ3v) is 5.25. The van der Waals surface area contributed by atoms with Crippen LogP contribution in [0, 0.1) is 0 Å². The number of H-pyrrole nitrogens is 1. The van der Waals surface area contributed by atoms with Gasteiger partial charge in [-0.15, -0.1) is 11.3 Å². The van der Waals surface area contributed by atoms with Crippen molar-refractivity contribution in [3.63, 3.8) is 0 Å². The number of aromatic carboxylic acids is 1. The number of nitrogens with one attached hydrogen (secondary N) is 2. The summed E-state index contributed by atoms with van der Waals surface area (Å²) in [5, 5.41) is 17.5. The summed E-state index contributed by atoms with van der Waals surface area (Å²) in [6.07, 6.45) is 0. The van der Waals surface area contributed by atoms with E-state index in [0.717, 1.165) is 10.9 Å². The Morgan fingerprint density at radius 3 is 2.74 bits per heavy atom. The third kappa shape index (κ3) is 3.25. The molecule has 2 aromatic heterocycles. The fourth-order valence-corrected chi connectivity index (χ4v) is 3.65. The van der Waals surface area contributed by atoms with E-state index in [1.165, 1.54) is 29.5 Å². The number of benzene rings is 1. The third-order valence-electron chi connectivity index (χ3n) is 2.99. The van der Waals surface area contributed by atoms with Crippen LogP contribution in [0.3, 0.4) is 0 Å². The molecule has 3 aromatic rings. The Bertz CT molecular complexity index is 946. The summed E-state index contributed by atoms with van der Waals surface area (Å²) < 4.78 is 27.0. The van der Waals surface area contributed by atoms with Crippen LogP contribution in [0.2, 0.25) is 0 Å². The molecular formula is C14H11N3O4S2. The second-order valence-electron chi connectivity index (χ2n) is 4.58. The predicted molar refractivity (Wildman–Crippen MR) is 86.1 cm³/mol. The van der Waals surface area contributed by atoms with Crippen LogP contribution in [0.1, 0.15) is 10.4 Å². The van der Waals surface area contributed by atoms with Gasteiger partial charge >= 0.3 is 5.97 Å². The first-order valence-corrected chi connectivity index (χ1v) is 8.77. The number of aromatic nitrogens is 2. The van der Waals surface area contributed by atoms with Crippen molar-refractivity contribution in [2.24, 2.45) is 0 Å². The molecular weight excluding hydrogens is 338 g/mol. The van der Waals surface area contributed by atoms with Gasteiger partial charge in [-0.1, -0.05) is 12.1 Å². The molecule has 3 N–H and O–H groups in total. The first kappa shape index (κ1) is 15.3. The molecule has 0 spiro atoms. The average Bonchev–Trinajstić information content (AvgIpc) is 3.18. The zero-order valence-corrected chi connectivity index (χ0v) is 13.2. The minimum Gasteiger partial charge on any atom is -0.478 e. The van der Waals surface area contributed by atoms with E-state index in [2.05, 4.69) is 14.9 Å². The normalized spacial score (nSPS) is 11.3. The SMILES string of the molecule is O=C(O)c1cccc(S(=O)(=O)Nc2cc(-c3cccs3)[nH]n2)c1. The number of nitrogens with zero attached hydrogens (tertiary/aromatic N) is 1. The van der Waals surface area contributed by atoms with E-state index in [-0.39, 0.29) is 16.3 Å². The number of hydrogen-bond donors (Lipinski definition) is 3. The Hall–Kier alpha value is -2.65. The van der Waals surface area contributed by atoms with E-state index < -0.39 is 16.0 Å². The summed E-state index contributed by atoms with van der Waals surface area (Å²) in [6.45, 7) is 0. The van der Waals surface area contributed by atoms with Gasteiger partial charge in [-0.05, 0) is 29.6 Å². The quantitative estimate of drug-likeness (QED) is 0.655. The maximum absolute atomic E-state index is 12.3. The van der Waals surface area contributed by atoms with Crippen LogP contribution in [0.25, 0.3) is 10.6 Å². The molecule has 0 amide bonds. The molecule has 0 radical (unpaired) electrons. The predicted octanol–water partition coefficient (Wildman–Crippen LogP) is 2.64. The molecule has 0 unspecified atom stereocenters. The maximum atomic E-state index is 12.3. The standard InChI is InChI=1S/C14H11N3O4S2/c18-14(19)9-3-1-4-10(7-9)23(20,21)17-13-8-11(15-16-13)12-5-2-6-22-12/h1-8H,(H,18,19)(H2,15,16,17). The Kier molecular flexibility index (Phi) is 3.89. The number of aromatic amines is 1. The van der Waals surface area contributed by atoms with Crippen LogP contribution in [-0.4, -0.2) is 29.7 Å². The lowest BCUT2D eigenvalue weighted by molar-refractivity contribution is 0.0696. The van der Waals surface area contributed by atoms with Gasteiger partial charge in [-0.3, -0.25) is 9.82 Å². The minimum absolute atomic E-state index is 0.103. The topological polar surface area (TPSA) is 112 Å². The first-order chi connectivity index (χ1) is 11.0. The van der Waals surface area contributed by atoms with Crippen LogP contribution in [0.5, 0.6) is 0 Å². The van der Waals surface area contributed by atoms with Gasteiger partial charge in [-0.25, -0.2) is 13.2 Å². The Labute approximate surface area is 135 Å². The van der Waals surface area contributed by atoms with Crippen molar-refractivity contribution in [3.8, 4) is 10.6 Å². The Balaban J connectivity index is 1.87. The highest BCUT2D eigenvalue weighted by atomic mass is 32.2. The average molecular weight is 349 g/mol. The monoisotopic (exact) mass is 349 g/mol. The molecule has 2 heterocycles. The smallest absolute Gasteiger partial charge is 0.335 e. The van der Waals surface area contributed by atoms with E-state index in [1.54, 1.807) is 6.07 Å². The summed E-state index contributed by atoms with van der Waals surface area (Å²) in [5.41, 5.74) is 0.589.